The van der Waals surface area contributed by atoms with Gasteiger partial charge in [-0.3, -0.25) is 9.69 Å². The molecule has 0 saturated carbocycles. The van der Waals surface area contributed by atoms with E-state index in [1.807, 2.05) is 32.2 Å². The normalized spacial score (nSPS) is 19.6. The highest BCUT2D eigenvalue weighted by molar-refractivity contribution is 5.78. The Morgan fingerprint density at radius 3 is 2.78 bits per heavy atom. The molecule has 6 rings (SSSR count). The third-order valence-electron chi connectivity index (χ3n) is 6.69. The summed E-state index contributed by atoms with van der Waals surface area (Å²) in [6.45, 7) is 8.34. The molecule has 1 atom stereocenters. The van der Waals surface area contributed by atoms with Crippen LogP contribution < -0.4 is 10.5 Å². The molecule has 0 bridgehead atoms. The zero-order chi connectivity index (χ0) is 21.8. The van der Waals surface area contributed by atoms with Gasteiger partial charge in [-0.25, -0.2) is 19.5 Å². The molecule has 4 aromatic heterocycles. The Morgan fingerprint density at radius 1 is 1.09 bits per heavy atom. The van der Waals surface area contributed by atoms with E-state index >= 15 is 0 Å². The number of aromatic nitrogens is 6. The summed E-state index contributed by atoms with van der Waals surface area (Å²) in [6.07, 6.45) is 7.45. The lowest BCUT2D eigenvalue weighted by Gasteiger charge is -2.24. The van der Waals surface area contributed by atoms with Crippen molar-refractivity contribution in [3.05, 3.63) is 46.1 Å². The second kappa shape index (κ2) is 7.37. The number of H-pyrrole nitrogens is 1. The average molecular weight is 431 g/mol. The van der Waals surface area contributed by atoms with Crippen LogP contribution in [-0.4, -0.2) is 66.7 Å². The molecule has 0 aromatic carbocycles. The van der Waals surface area contributed by atoms with Gasteiger partial charge in [-0.1, -0.05) is 0 Å². The van der Waals surface area contributed by atoms with Gasteiger partial charge in [0, 0.05) is 19.1 Å². The number of aromatic amines is 1. The van der Waals surface area contributed by atoms with Gasteiger partial charge in [0.15, 0.2) is 17.0 Å². The molecule has 2 fully saturated rings. The minimum absolute atomic E-state index is 0.255. The molecule has 2 aliphatic rings. The largest absolute Gasteiger partial charge is 0.369 e. The monoisotopic (exact) mass is 430 g/mol. The topological polar surface area (TPSA) is 95.3 Å². The lowest BCUT2D eigenvalue weighted by atomic mass is 10.2. The number of anilines is 1. The Bertz CT molecular complexity index is 1380. The standard InChI is InChI=1S/C23H26N8O/c1-14-9-19(28-31-12-15(2)25-22(14)31)21-26-18-10-17(11-24-20(18)23(32)27-21)30-8-5-16(13-30)29-6-3-4-7-29/h9-12,16H,3-8,13H2,1-2H3,(H,26,27,32)/t16-/m1/s1. The first-order valence-corrected chi connectivity index (χ1v) is 11.3. The number of imidazole rings is 1. The van der Waals surface area contributed by atoms with Crippen LogP contribution in [0.4, 0.5) is 5.69 Å². The maximum absolute atomic E-state index is 12.8. The number of nitrogens with zero attached hydrogens (tertiary/aromatic N) is 7. The number of hydrogen-bond acceptors (Lipinski definition) is 7. The molecule has 32 heavy (non-hydrogen) atoms. The summed E-state index contributed by atoms with van der Waals surface area (Å²) in [5.74, 6) is 0.439. The zero-order valence-electron chi connectivity index (χ0n) is 18.4. The van der Waals surface area contributed by atoms with Crippen LogP contribution in [-0.2, 0) is 0 Å². The summed E-state index contributed by atoms with van der Waals surface area (Å²) in [5, 5.41) is 4.61. The van der Waals surface area contributed by atoms with Crippen LogP contribution >= 0.6 is 0 Å². The molecule has 0 amide bonds. The zero-order valence-corrected chi connectivity index (χ0v) is 18.4. The van der Waals surface area contributed by atoms with E-state index in [0.717, 1.165) is 35.7 Å². The highest BCUT2D eigenvalue weighted by Crippen LogP contribution is 2.26. The number of nitrogens with one attached hydrogen (secondary N) is 1. The van der Waals surface area contributed by atoms with E-state index in [1.54, 1.807) is 10.7 Å². The highest BCUT2D eigenvalue weighted by Gasteiger charge is 2.29. The molecular weight excluding hydrogens is 404 g/mol. The van der Waals surface area contributed by atoms with Gasteiger partial charge in [0.2, 0.25) is 0 Å². The number of pyridine rings is 1. The van der Waals surface area contributed by atoms with Crippen molar-refractivity contribution in [3.63, 3.8) is 0 Å². The molecule has 2 saturated heterocycles. The van der Waals surface area contributed by atoms with Crippen LogP contribution in [0.15, 0.2) is 29.3 Å². The number of hydrogen-bond donors (Lipinski definition) is 1. The summed E-state index contributed by atoms with van der Waals surface area (Å²) in [7, 11) is 0. The Labute approximate surface area is 185 Å². The minimum Gasteiger partial charge on any atom is -0.369 e. The fraction of sp³-hybridized carbons (Fsp3) is 0.435. The maximum Gasteiger partial charge on any atom is 0.277 e. The van der Waals surface area contributed by atoms with Crippen molar-refractivity contribution >= 4 is 22.4 Å². The lowest BCUT2D eigenvalue weighted by Crippen LogP contribution is -2.35. The first-order chi connectivity index (χ1) is 15.5. The fourth-order valence-electron chi connectivity index (χ4n) is 5.05. The third-order valence-corrected chi connectivity index (χ3v) is 6.69. The SMILES string of the molecule is Cc1cn2nc(-c3nc4cc(N5CC[C@@H](N6CCCC6)C5)cnc4c(=O)[nH]3)cc(C)c2n1. The Morgan fingerprint density at radius 2 is 1.94 bits per heavy atom. The number of aryl methyl sites for hydroxylation is 2. The van der Waals surface area contributed by atoms with Crippen LogP contribution in [0.2, 0.25) is 0 Å². The molecule has 9 heteroatoms. The van der Waals surface area contributed by atoms with Gasteiger partial charge in [-0.15, -0.1) is 0 Å². The van der Waals surface area contributed by atoms with Crippen LogP contribution in [0.25, 0.3) is 28.2 Å². The van der Waals surface area contributed by atoms with Gasteiger partial charge >= 0.3 is 0 Å². The molecule has 164 valence electrons. The second-order valence-corrected chi connectivity index (χ2v) is 8.97. The van der Waals surface area contributed by atoms with E-state index in [-0.39, 0.29) is 5.56 Å². The van der Waals surface area contributed by atoms with Crippen LogP contribution in [0, 0.1) is 13.8 Å². The molecule has 0 radical (unpaired) electrons. The molecule has 1 N–H and O–H groups in total. The molecule has 0 spiro atoms. The van der Waals surface area contributed by atoms with Gasteiger partial charge in [-0.2, -0.15) is 5.10 Å². The molecular formula is C23H26N8O. The van der Waals surface area contributed by atoms with Gasteiger partial charge in [-0.05, 0) is 63.9 Å². The van der Waals surface area contributed by atoms with E-state index in [4.69, 9.17) is 4.98 Å². The van der Waals surface area contributed by atoms with E-state index < -0.39 is 0 Å². The van der Waals surface area contributed by atoms with Gasteiger partial charge in [0.25, 0.3) is 5.56 Å². The third kappa shape index (κ3) is 3.24. The van der Waals surface area contributed by atoms with Gasteiger partial charge in [0.1, 0.15) is 5.69 Å². The Kier molecular flexibility index (Phi) is 4.46. The first-order valence-electron chi connectivity index (χ1n) is 11.3. The van der Waals surface area contributed by atoms with E-state index in [9.17, 15) is 4.79 Å². The van der Waals surface area contributed by atoms with Crippen molar-refractivity contribution in [2.75, 3.05) is 31.1 Å². The maximum atomic E-state index is 12.8. The summed E-state index contributed by atoms with van der Waals surface area (Å²) in [6, 6.07) is 4.50. The number of likely N-dealkylation sites (tertiary alicyclic amines) is 1. The number of fused-ring (bicyclic) bond motifs is 2. The predicted octanol–water partition coefficient (Wildman–Crippen LogP) is 2.32. The van der Waals surface area contributed by atoms with Crippen molar-refractivity contribution < 1.29 is 0 Å². The van der Waals surface area contributed by atoms with Crippen molar-refractivity contribution in [1.29, 1.82) is 0 Å². The molecule has 2 aliphatic heterocycles. The molecule has 4 aromatic rings. The summed E-state index contributed by atoms with van der Waals surface area (Å²) < 4.78 is 1.74. The fourth-order valence-corrected chi connectivity index (χ4v) is 5.05. The summed E-state index contributed by atoms with van der Waals surface area (Å²) in [4.78, 5) is 34.3. The summed E-state index contributed by atoms with van der Waals surface area (Å²) >= 11 is 0. The minimum atomic E-state index is -0.255. The van der Waals surface area contributed by atoms with Crippen molar-refractivity contribution in [2.24, 2.45) is 0 Å². The van der Waals surface area contributed by atoms with E-state index in [0.29, 0.717) is 28.6 Å². The van der Waals surface area contributed by atoms with Crippen LogP contribution in [0.5, 0.6) is 0 Å². The average Bonchev–Trinajstić information content (AvgIpc) is 3.53. The quantitative estimate of drug-likeness (QED) is 0.533. The number of rotatable bonds is 3. The Balaban J connectivity index is 1.37. The van der Waals surface area contributed by atoms with E-state index in [1.165, 1.54) is 32.4 Å². The van der Waals surface area contributed by atoms with Crippen molar-refractivity contribution in [3.8, 4) is 11.5 Å². The van der Waals surface area contributed by atoms with Gasteiger partial charge in [0.05, 0.1) is 29.3 Å². The first kappa shape index (κ1) is 19.4. The molecule has 9 nitrogen and oxygen atoms in total. The smallest absolute Gasteiger partial charge is 0.277 e. The Hall–Kier alpha value is -3.33. The molecule has 6 heterocycles. The van der Waals surface area contributed by atoms with Crippen molar-refractivity contribution in [1.82, 2.24) is 34.4 Å². The predicted molar refractivity (Wildman–Crippen MR) is 123 cm³/mol. The van der Waals surface area contributed by atoms with E-state index in [2.05, 4.69) is 29.9 Å². The molecule has 0 aliphatic carbocycles. The lowest BCUT2D eigenvalue weighted by molar-refractivity contribution is 0.260. The summed E-state index contributed by atoms with van der Waals surface area (Å²) in [5.41, 5.74) is 4.98. The van der Waals surface area contributed by atoms with Gasteiger partial charge < -0.3 is 9.88 Å². The second-order valence-electron chi connectivity index (χ2n) is 8.97. The molecule has 0 unspecified atom stereocenters. The van der Waals surface area contributed by atoms with Crippen molar-refractivity contribution in [2.45, 2.75) is 39.2 Å². The van der Waals surface area contributed by atoms with Crippen LogP contribution in [0.1, 0.15) is 30.5 Å². The highest BCUT2D eigenvalue weighted by atomic mass is 16.1. The van der Waals surface area contributed by atoms with Crippen LogP contribution in [0.3, 0.4) is 0 Å².